The van der Waals surface area contributed by atoms with E-state index in [4.69, 9.17) is 15.9 Å². The Morgan fingerprint density at radius 1 is 1.39 bits per heavy atom. The van der Waals surface area contributed by atoms with Gasteiger partial charge in [0.25, 0.3) is 5.91 Å². The minimum atomic E-state index is -0.210. The molecule has 1 heterocycles. The molecule has 0 aliphatic heterocycles. The summed E-state index contributed by atoms with van der Waals surface area (Å²) in [5, 5.41) is 9.87. The first-order valence-corrected chi connectivity index (χ1v) is 7.09. The van der Waals surface area contributed by atoms with E-state index in [9.17, 15) is 4.79 Å². The molecule has 23 heavy (non-hydrogen) atoms. The van der Waals surface area contributed by atoms with Crippen LogP contribution in [0.3, 0.4) is 0 Å². The predicted molar refractivity (Wildman–Crippen MR) is 86.6 cm³/mol. The molecule has 6 heteroatoms. The number of benzene rings is 1. The summed E-state index contributed by atoms with van der Waals surface area (Å²) in [6.07, 6.45) is 5.19. The lowest BCUT2D eigenvalue weighted by Gasteiger charge is -2.11. The van der Waals surface area contributed by atoms with Crippen molar-refractivity contribution in [2.45, 2.75) is 20.4 Å². The molecule has 0 radical (unpaired) electrons. The minimum Gasteiger partial charge on any atom is -0.493 e. The lowest BCUT2D eigenvalue weighted by molar-refractivity contribution is 0.0950. The molecule has 2 rings (SSSR count). The van der Waals surface area contributed by atoms with E-state index in [1.54, 1.807) is 18.2 Å². The van der Waals surface area contributed by atoms with Crippen LogP contribution in [0.5, 0.6) is 11.5 Å². The highest BCUT2D eigenvalue weighted by molar-refractivity contribution is 5.94. The Morgan fingerprint density at radius 2 is 2.17 bits per heavy atom. The molecule has 0 atom stereocenters. The second kappa shape index (κ2) is 7.36. The SMILES string of the molecule is C#CCOc1cc(C(=O)NCc2c(C)n[nH]c2C)ccc1OC. The van der Waals surface area contributed by atoms with Crippen molar-refractivity contribution in [1.29, 1.82) is 0 Å². The van der Waals surface area contributed by atoms with Crippen molar-refractivity contribution in [3.8, 4) is 23.8 Å². The van der Waals surface area contributed by atoms with Crippen LogP contribution in [0.1, 0.15) is 27.3 Å². The predicted octanol–water partition coefficient (Wildman–Crippen LogP) is 1.98. The topological polar surface area (TPSA) is 76.2 Å². The summed E-state index contributed by atoms with van der Waals surface area (Å²) in [7, 11) is 1.53. The van der Waals surface area contributed by atoms with Crippen LogP contribution in [0.25, 0.3) is 0 Å². The number of amides is 1. The molecule has 2 aromatic rings. The maximum Gasteiger partial charge on any atom is 0.251 e. The number of hydrogen-bond donors (Lipinski definition) is 2. The zero-order chi connectivity index (χ0) is 16.8. The summed E-state index contributed by atoms with van der Waals surface area (Å²) >= 11 is 0. The van der Waals surface area contributed by atoms with Crippen molar-refractivity contribution in [2.75, 3.05) is 13.7 Å². The third-order valence-electron chi connectivity index (χ3n) is 3.44. The van der Waals surface area contributed by atoms with E-state index in [2.05, 4.69) is 21.4 Å². The molecule has 0 saturated carbocycles. The Labute approximate surface area is 135 Å². The van der Waals surface area contributed by atoms with Crippen molar-refractivity contribution in [3.05, 3.63) is 40.7 Å². The monoisotopic (exact) mass is 313 g/mol. The number of hydrogen-bond acceptors (Lipinski definition) is 4. The first-order chi connectivity index (χ1) is 11.1. The molecule has 6 nitrogen and oxygen atoms in total. The summed E-state index contributed by atoms with van der Waals surface area (Å²) in [6.45, 7) is 4.32. The minimum absolute atomic E-state index is 0.106. The van der Waals surface area contributed by atoms with Crippen molar-refractivity contribution >= 4 is 5.91 Å². The van der Waals surface area contributed by atoms with E-state index in [0.29, 0.717) is 23.6 Å². The molecule has 2 N–H and O–H groups in total. The van der Waals surface area contributed by atoms with Crippen LogP contribution in [-0.2, 0) is 6.54 Å². The zero-order valence-electron chi connectivity index (χ0n) is 13.4. The van der Waals surface area contributed by atoms with Gasteiger partial charge in [-0.2, -0.15) is 5.10 Å². The Morgan fingerprint density at radius 3 is 2.78 bits per heavy atom. The molecule has 0 fully saturated rings. The molecule has 120 valence electrons. The van der Waals surface area contributed by atoms with Gasteiger partial charge in [0.05, 0.1) is 12.8 Å². The highest BCUT2D eigenvalue weighted by Gasteiger charge is 2.13. The fraction of sp³-hybridized carbons (Fsp3) is 0.294. The van der Waals surface area contributed by atoms with Crippen LogP contribution in [0.2, 0.25) is 0 Å². The molecule has 0 aliphatic rings. The number of methoxy groups -OCH3 is 1. The fourth-order valence-electron chi connectivity index (χ4n) is 2.16. The summed E-state index contributed by atoms with van der Waals surface area (Å²) in [6, 6.07) is 4.96. The van der Waals surface area contributed by atoms with Crippen molar-refractivity contribution in [1.82, 2.24) is 15.5 Å². The van der Waals surface area contributed by atoms with Crippen LogP contribution in [0, 0.1) is 26.2 Å². The molecular weight excluding hydrogens is 294 g/mol. The van der Waals surface area contributed by atoms with Gasteiger partial charge in [0, 0.05) is 23.4 Å². The lowest BCUT2D eigenvalue weighted by Crippen LogP contribution is -2.23. The van der Waals surface area contributed by atoms with Crippen molar-refractivity contribution in [3.63, 3.8) is 0 Å². The van der Waals surface area contributed by atoms with Crippen LogP contribution >= 0.6 is 0 Å². The van der Waals surface area contributed by atoms with Gasteiger partial charge in [-0.15, -0.1) is 6.42 Å². The van der Waals surface area contributed by atoms with E-state index >= 15 is 0 Å². The molecule has 0 aliphatic carbocycles. The second-order valence-electron chi connectivity index (χ2n) is 4.95. The number of terminal acetylenes is 1. The highest BCUT2D eigenvalue weighted by atomic mass is 16.5. The van der Waals surface area contributed by atoms with Gasteiger partial charge in [-0.3, -0.25) is 9.89 Å². The molecule has 1 amide bonds. The Kier molecular flexibility index (Phi) is 5.26. The number of aromatic amines is 1. The normalized spacial score (nSPS) is 10.0. The number of ether oxygens (including phenoxy) is 2. The Balaban J connectivity index is 2.11. The number of rotatable bonds is 6. The van der Waals surface area contributed by atoms with Gasteiger partial charge in [0.2, 0.25) is 0 Å². The third-order valence-corrected chi connectivity index (χ3v) is 3.44. The largest absolute Gasteiger partial charge is 0.493 e. The summed E-state index contributed by atoms with van der Waals surface area (Å²) < 4.78 is 10.6. The summed E-state index contributed by atoms with van der Waals surface area (Å²) in [5.74, 6) is 3.14. The number of nitrogens with zero attached hydrogens (tertiary/aromatic N) is 1. The number of aromatic nitrogens is 2. The molecular formula is C17H19N3O3. The molecule has 1 aromatic heterocycles. The molecule has 0 unspecified atom stereocenters. The molecule has 0 spiro atoms. The molecule has 1 aromatic carbocycles. The average Bonchev–Trinajstić information content (AvgIpc) is 2.88. The van der Waals surface area contributed by atoms with E-state index in [1.165, 1.54) is 7.11 Å². The number of carbonyl (C=O) groups excluding carboxylic acids is 1. The van der Waals surface area contributed by atoms with Gasteiger partial charge >= 0.3 is 0 Å². The van der Waals surface area contributed by atoms with Gasteiger partial charge < -0.3 is 14.8 Å². The van der Waals surface area contributed by atoms with Gasteiger partial charge in [-0.25, -0.2) is 0 Å². The maximum atomic E-state index is 12.3. The number of carbonyl (C=O) groups is 1. The quantitative estimate of drug-likeness (QED) is 0.800. The highest BCUT2D eigenvalue weighted by Crippen LogP contribution is 2.28. The molecule has 0 bridgehead atoms. The first-order valence-electron chi connectivity index (χ1n) is 7.09. The third kappa shape index (κ3) is 3.83. The standard InChI is InChI=1S/C17H19N3O3/c1-5-8-23-16-9-13(6-7-15(16)22-4)17(21)18-10-14-11(2)19-20-12(14)3/h1,6-7,9H,8,10H2,2-4H3,(H,18,21)(H,19,20). The van der Waals surface area contributed by atoms with Crippen LogP contribution in [0.4, 0.5) is 0 Å². The Bertz CT molecular complexity index is 725. The van der Waals surface area contributed by atoms with Crippen molar-refractivity contribution in [2.24, 2.45) is 0 Å². The number of nitrogens with one attached hydrogen (secondary N) is 2. The van der Waals surface area contributed by atoms with E-state index < -0.39 is 0 Å². The zero-order valence-corrected chi connectivity index (χ0v) is 13.4. The van der Waals surface area contributed by atoms with E-state index in [1.807, 2.05) is 13.8 Å². The van der Waals surface area contributed by atoms with Gasteiger partial charge in [-0.05, 0) is 32.0 Å². The van der Waals surface area contributed by atoms with Crippen LogP contribution in [-0.4, -0.2) is 29.8 Å². The van der Waals surface area contributed by atoms with Gasteiger partial charge in [0.15, 0.2) is 11.5 Å². The Hall–Kier alpha value is -2.94. The van der Waals surface area contributed by atoms with Crippen LogP contribution in [0.15, 0.2) is 18.2 Å². The fourth-order valence-corrected chi connectivity index (χ4v) is 2.16. The van der Waals surface area contributed by atoms with Gasteiger partial charge in [-0.1, -0.05) is 5.92 Å². The van der Waals surface area contributed by atoms with Crippen LogP contribution < -0.4 is 14.8 Å². The summed E-state index contributed by atoms with van der Waals surface area (Å²) in [5.41, 5.74) is 3.26. The first kappa shape index (κ1) is 16.4. The van der Waals surface area contributed by atoms with E-state index in [0.717, 1.165) is 17.0 Å². The number of H-pyrrole nitrogens is 1. The summed E-state index contributed by atoms with van der Waals surface area (Å²) in [4.78, 5) is 12.3. The molecule has 0 saturated heterocycles. The smallest absolute Gasteiger partial charge is 0.251 e. The second-order valence-corrected chi connectivity index (χ2v) is 4.95. The lowest BCUT2D eigenvalue weighted by atomic mass is 10.1. The average molecular weight is 313 g/mol. The van der Waals surface area contributed by atoms with E-state index in [-0.39, 0.29) is 12.5 Å². The van der Waals surface area contributed by atoms with Gasteiger partial charge in [0.1, 0.15) is 6.61 Å². The maximum absolute atomic E-state index is 12.3. The number of aryl methyl sites for hydroxylation is 2. The van der Waals surface area contributed by atoms with Crippen molar-refractivity contribution < 1.29 is 14.3 Å².